The summed E-state index contributed by atoms with van der Waals surface area (Å²) in [7, 11) is 0. The molecule has 0 unspecified atom stereocenters. The molecule has 0 saturated carbocycles. The molecule has 1 amide bonds. The molecule has 1 heterocycles. The number of rotatable bonds is 3. The van der Waals surface area contributed by atoms with Crippen LogP contribution < -0.4 is 5.32 Å². The van der Waals surface area contributed by atoms with E-state index in [1.54, 1.807) is 6.20 Å². The zero-order chi connectivity index (χ0) is 13.2. The fourth-order valence-corrected chi connectivity index (χ4v) is 2.51. The van der Waals surface area contributed by atoms with Crippen molar-refractivity contribution in [2.75, 3.05) is 6.54 Å². The third-order valence-corrected chi connectivity index (χ3v) is 3.18. The van der Waals surface area contributed by atoms with Gasteiger partial charge < -0.3 is 5.32 Å². The minimum Gasteiger partial charge on any atom is -0.348 e. The minimum atomic E-state index is -0.122. The molecule has 0 aromatic carbocycles. The molecule has 0 aliphatic rings. The molecule has 1 rings (SSSR count). The summed E-state index contributed by atoms with van der Waals surface area (Å²) in [6, 6.07) is 0. The summed E-state index contributed by atoms with van der Waals surface area (Å²) in [5.41, 5.74) is 1.42. The first-order valence-corrected chi connectivity index (χ1v) is 6.48. The predicted molar refractivity (Wildman–Crippen MR) is 77.1 cm³/mol. The van der Waals surface area contributed by atoms with E-state index in [1.807, 2.05) is 11.6 Å². The van der Waals surface area contributed by atoms with E-state index in [0.717, 1.165) is 9.27 Å². The maximum atomic E-state index is 11.9. The largest absolute Gasteiger partial charge is 0.348 e. The molecule has 0 spiro atoms. The number of carbonyl (C=O) groups excluding carboxylic acids is 1. The first-order valence-electron chi connectivity index (χ1n) is 5.40. The van der Waals surface area contributed by atoms with E-state index in [4.69, 9.17) is 0 Å². The lowest BCUT2D eigenvalue weighted by atomic mass is 10.1. The lowest BCUT2D eigenvalue weighted by Gasteiger charge is -2.20. The smallest absolute Gasteiger partial charge is 0.255 e. The summed E-state index contributed by atoms with van der Waals surface area (Å²) in [6.45, 7) is 12.3. The summed E-state index contributed by atoms with van der Waals surface area (Å²) in [6.07, 6.45) is 1.61. The van der Waals surface area contributed by atoms with Gasteiger partial charge in [-0.25, -0.2) is 0 Å². The number of nitrogens with zero attached hydrogens (tertiary/aromatic N) is 2. The van der Waals surface area contributed by atoms with Crippen molar-refractivity contribution < 1.29 is 4.79 Å². The lowest BCUT2D eigenvalue weighted by molar-refractivity contribution is 0.0956. The highest BCUT2D eigenvalue weighted by Gasteiger charge is 2.22. The van der Waals surface area contributed by atoms with Gasteiger partial charge in [0.05, 0.1) is 17.3 Å². The quantitative estimate of drug-likeness (QED) is 0.675. The first-order chi connectivity index (χ1) is 7.73. The second-order valence-electron chi connectivity index (χ2n) is 5.07. The van der Waals surface area contributed by atoms with E-state index in [0.29, 0.717) is 12.1 Å². The molecule has 5 heteroatoms. The fraction of sp³-hybridized carbons (Fsp3) is 0.500. The van der Waals surface area contributed by atoms with Gasteiger partial charge in [-0.2, -0.15) is 5.10 Å². The summed E-state index contributed by atoms with van der Waals surface area (Å²) in [5.74, 6) is -0.104. The van der Waals surface area contributed by atoms with Crippen LogP contribution in [0.4, 0.5) is 0 Å². The molecule has 1 aromatic rings. The van der Waals surface area contributed by atoms with Crippen LogP contribution >= 0.6 is 22.6 Å². The topological polar surface area (TPSA) is 46.9 Å². The highest BCUT2D eigenvalue weighted by atomic mass is 127. The number of aromatic nitrogens is 2. The molecular weight excluding hydrogens is 329 g/mol. The van der Waals surface area contributed by atoms with E-state index in [1.165, 1.54) is 0 Å². The molecule has 4 nitrogen and oxygen atoms in total. The molecular formula is C12H18IN3O. The third-order valence-electron chi connectivity index (χ3n) is 2.14. The van der Waals surface area contributed by atoms with Crippen LogP contribution in [0, 0.1) is 3.70 Å². The monoisotopic (exact) mass is 347 g/mol. The van der Waals surface area contributed by atoms with Crippen LogP contribution in [0.25, 0.3) is 0 Å². The second-order valence-corrected chi connectivity index (χ2v) is 6.09. The van der Waals surface area contributed by atoms with Gasteiger partial charge in [0.15, 0.2) is 0 Å². The lowest BCUT2D eigenvalue weighted by Crippen LogP contribution is -2.27. The van der Waals surface area contributed by atoms with Crippen LogP contribution in [0.5, 0.6) is 0 Å². The summed E-state index contributed by atoms with van der Waals surface area (Å²) < 4.78 is 2.71. The van der Waals surface area contributed by atoms with Crippen molar-refractivity contribution >= 4 is 28.5 Å². The molecule has 0 saturated heterocycles. The average Bonchev–Trinajstić information content (AvgIpc) is 2.55. The standard InChI is InChI=1S/C12H18IN3O/c1-8(2)6-14-11(17)9-7-15-16(10(9)13)12(3,4)5/h7H,1,6H2,2-5H3,(H,14,17). The molecule has 94 valence electrons. The van der Waals surface area contributed by atoms with Crippen LogP contribution in [0.2, 0.25) is 0 Å². The molecule has 1 aromatic heterocycles. The first kappa shape index (κ1) is 14.2. The molecule has 0 aliphatic heterocycles. The van der Waals surface area contributed by atoms with Crippen LogP contribution in [-0.2, 0) is 5.54 Å². The SMILES string of the molecule is C=C(C)CNC(=O)c1cnn(C(C)(C)C)c1I. The van der Waals surface area contributed by atoms with Crippen molar-refractivity contribution in [2.45, 2.75) is 33.2 Å². The van der Waals surface area contributed by atoms with Crippen molar-refractivity contribution in [1.82, 2.24) is 15.1 Å². The van der Waals surface area contributed by atoms with Gasteiger partial charge in [0.25, 0.3) is 5.91 Å². The van der Waals surface area contributed by atoms with Crippen LogP contribution in [0.15, 0.2) is 18.3 Å². The van der Waals surface area contributed by atoms with Crippen LogP contribution in [-0.4, -0.2) is 22.2 Å². The van der Waals surface area contributed by atoms with Gasteiger partial charge in [-0.3, -0.25) is 9.48 Å². The van der Waals surface area contributed by atoms with Crippen molar-refractivity contribution in [2.24, 2.45) is 0 Å². The molecule has 0 radical (unpaired) electrons. The Morgan fingerprint density at radius 1 is 1.59 bits per heavy atom. The van der Waals surface area contributed by atoms with Crippen molar-refractivity contribution in [3.05, 3.63) is 27.6 Å². The Morgan fingerprint density at radius 3 is 2.59 bits per heavy atom. The maximum absolute atomic E-state index is 11.9. The number of nitrogens with one attached hydrogen (secondary N) is 1. The van der Waals surface area contributed by atoms with Gasteiger partial charge in [-0.05, 0) is 50.3 Å². The Morgan fingerprint density at radius 2 is 2.18 bits per heavy atom. The third kappa shape index (κ3) is 3.55. The number of hydrogen-bond acceptors (Lipinski definition) is 2. The van der Waals surface area contributed by atoms with E-state index in [9.17, 15) is 4.79 Å². The van der Waals surface area contributed by atoms with Crippen molar-refractivity contribution in [3.63, 3.8) is 0 Å². The molecule has 1 N–H and O–H groups in total. The highest BCUT2D eigenvalue weighted by molar-refractivity contribution is 14.1. The van der Waals surface area contributed by atoms with Crippen LogP contribution in [0.1, 0.15) is 38.1 Å². The normalized spacial score (nSPS) is 11.4. The second kappa shape index (κ2) is 5.20. The number of halogens is 1. The van der Waals surface area contributed by atoms with Gasteiger partial charge >= 0.3 is 0 Å². The van der Waals surface area contributed by atoms with Crippen molar-refractivity contribution in [3.8, 4) is 0 Å². The maximum Gasteiger partial charge on any atom is 0.255 e. The Balaban J connectivity index is 2.90. The molecule has 0 aliphatic carbocycles. The number of hydrogen-bond donors (Lipinski definition) is 1. The number of carbonyl (C=O) groups is 1. The molecule has 0 fully saturated rings. The molecule has 17 heavy (non-hydrogen) atoms. The van der Waals surface area contributed by atoms with E-state index in [2.05, 4.69) is 60.4 Å². The fourth-order valence-electron chi connectivity index (χ4n) is 1.28. The Hall–Kier alpha value is -0.850. The highest BCUT2D eigenvalue weighted by Crippen LogP contribution is 2.20. The van der Waals surface area contributed by atoms with E-state index >= 15 is 0 Å². The predicted octanol–water partition coefficient (Wildman–Crippen LogP) is 2.55. The van der Waals surface area contributed by atoms with Gasteiger partial charge in [-0.1, -0.05) is 12.2 Å². The minimum absolute atomic E-state index is 0.104. The Labute approximate surface area is 116 Å². The van der Waals surface area contributed by atoms with Gasteiger partial charge in [0.1, 0.15) is 3.70 Å². The molecule has 0 bridgehead atoms. The average molecular weight is 347 g/mol. The van der Waals surface area contributed by atoms with Crippen molar-refractivity contribution in [1.29, 1.82) is 0 Å². The van der Waals surface area contributed by atoms with Gasteiger partial charge in [-0.15, -0.1) is 0 Å². The zero-order valence-electron chi connectivity index (χ0n) is 10.7. The zero-order valence-corrected chi connectivity index (χ0v) is 12.8. The van der Waals surface area contributed by atoms with Gasteiger partial charge in [0, 0.05) is 6.54 Å². The van der Waals surface area contributed by atoms with E-state index in [-0.39, 0.29) is 11.4 Å². The Bertz CT molecular complexity index is 443. The van der Waals surface area contributed by atoms with Crippen LogP contribution in [0.3, 0.4) is 0 Å². The summed E-state index contributed by atoms with van der Waals surface area (Å²) in [4.78, 5) is 11.9. The van der Waals surface area contributed by atoms with Gasteiger partial charge in [0.2, 0.25) is 0 Å². The molecule has 0 atom stereocenters. The number of amides is 1. The summed E-state index contributed by atoms with van der Waals surface area (Å²) >= 11 is 2.15. The summed E-state index contributed by atoms with van der Waals surface area (Å²) in [5, 5.41) is 7.07. The Kier molecular flexibility index (Phi) is 4.35. The van der Waals surface area contributed by atoms with E-state index < -0.39 is 0 Å².